The number of halogens is 1. The van der Waals surface area contributed by atoms with Gasteiger partial charge < -0.3 is 18.9 Å². The van der Waals surface area contributed by atoms with Crippen LogP contribution in [0.25, 0.3) is 10.9 Å². The summed E-state index contributed by atoms with van der Waals surface area (Å²) in [4.78, 5) is 27.5. The van der Waals surface area contributed by atoms with Crippen LogP contribution in [-0.4, -0.2) is 55.3 Å². The molecular formula is C31H32ClN3O6S. The largest absolute Gasteiger partial charge is 0.490 e. The predicted molar refractivity (Wildman–Crippen MR) is 161 cm³/mol. The lowest BCUT2D eigenvalue weighted by atomic mass is 10.0. The van der Waals surface area contributed by atoms with E-state index in [1.54, 1.807) is 28.8 Å². The molecule has 1 N–H and O–H groups in total. The first-order valence-electron chi connectivity index (χ1n) is 13.7. The van der Waals surface area contributed by atoms with Crippen molar-refractivity contribution in [3.63, 3.8) is 0 Å². The number of fused-ring (bicyclic) bond motifs is 1. The van der Waals surface area contributed by atoms with E-state index in [0.717, 1.165) is 16.5 Å². The third-order valence-corrected chi connectivity index (χ3v) is 8.86. The molecular weight excluding hydrogens is 578 g/mol. The maximum atomic E-state index is 13.3. The zero-order valence-corrected chi connectivity index (χ0v) is 24.5. The van der Waals surface area contributed by atoms with Gasteiger partial charge in [0.2, 0.25) is 10.0 Å². The number of nitrogens with zero attached hydrogens (tertiary/aromatic N) is 2. The van der Waals surface area contributed by atoms with Crippen LogP contribution in [0.15, 0.2) is 84.9 Å². The molecule has 9 nitrogen and oxygen atoms in total. The number of ether oxygens (including phenoxy) is 2. The van der Waals surface area contributed by atoms with Crippen molar-refractivity contribution in [3.05, 3.63) is 101 Å². The molecule has 1 aliphatic rings. The Morgan fingerprint density at radius 2 is 1.71 bits per heavy atom. The summed E-state index contributed by atoms with van der Waals surface area (Å²) in [6.45, 7) is 1.39. The van der Waals surface area contributed by atoms with Gasteiger partial charge in [-0.05, 0) is 48.6 Å². The van der Waals surface area contributed by atoms with Gasteiger partial charge in [-0.1, -0.05) is 72.3 Å². The maximum absolute atomic E-state index is 13.3. The van der Waals surface area contributed by atoms with Crippen LogP contribution in [0, 0.1) is 5.92 Å². The van der Waals surface area contributed by atoms with Crippen LogP contribution < -0.4 is 9.46 Å². The minimum atomic E-state index is -4.00. The molecule has 42 heavy (non-hydrogen) atoms. The fourth-order valence-electron chi connectivity index (χ4n) is 5.17. The van der Waals surface area contributed by atoms with E-state index in [4.69, 9.17) is 21.1 Å². The molecule has 1 aliphatic heterocycles. The van der Waals surface area contributed by atoms with Gasteiger partial charge in [0, 0.05) is 24.0 Å². The Hall–Kier alpha value is -4.02. The zero-order chi connectivity index (χ0) is 29.5. The van der Waals surface area contributed by atoms with E-state index in [2.05, 4.69) is 4.72 Å². The molecule has 0 saturated carbocycles. The average molecular weight is 610 g/mol. The van der Waals surface area contributed by atoms with Gasteiger partial charge in [-0.15, -0.1) is 0 Å². The van der Waals surface area contributed by atoms with E-state index < -0.39 is 22.0 Å². The summed E-state index contributed by atoms with van der Waals surface area (Å²) in [6.07, 6.45) is 0.791. The van der Waals surface area contributed by atoms with Gasteiger partial charge in [0.1, 0.15) is 24.7 Å². The second-order valence-corrected chi connectivity index (χ2v) is 12.4. The lowest BCUT2D eigenvalue weighted by molar-refractivity contribution is 0.0811. The number of aromatic nitrogens is 1. The number of para-hydroxylation sites is 2. The summed E-state index contributed by atoms with van der Waals surface area (Å²) in [5.74, 6) is -0.811. The fourth-order valence-corrected chi connectivity index (χ4v) is 6.72. The Morgan fingerprint density at radius 3 is 2.52 bits per heavy atom. The zero-order valence-electron chi connectivity index (χ0n) is 22.9. The van der Waals surface area contributed by atoms with E-state index in [1.165, 1.54) is 4.90 Å². The molecule has 1 aromatic heterocycles. The number of piperidine rings is 1. The first-order valence-corrected chi connectivity index (χ1v) is 15.8. The quantitative estimate of drug-likeness (QED) is 0.255. The van der Waals surface area contributed by atoms with Crippen LogP contribution >= 0.6 is 11.6 Å². The number of carbonyl (C=O) groups excluding carboxylic acids is 2. The Kier molecular flexibility index (Phi) is 9.34. The molecule has 2 amide bonds. The van der Waals surface area contributed by atoms with Gasteiger partial charge in [-0.3, -0.25) is 4.79 Å². The molecule has 5 rings (SSSR count). The number of rotatable bonds is 10. The van der Waals surface area contributed by atoms with Crippen LogP contribution in [0.2, 0.25) is 5.02 Å². The first kappa shape index (κ1) is 29.5. The number of benzene rings is 3. The van der Waals surface area contributed by atoms with Gasteiger partial charge in [-0.25, -0.2) is 17.9 Å². The molecule has 4 aromatic rings. The highest BCUT2D eigenvalue weighted by atomic mass is 35.5. The summed E-state index contributed by atoms with van der Waals surface area (Å²) in [6, 6.07) is 25.6. The van der Waals surface area contributed by atoms with Crippen molar-refractivity contribution in [2.45, 2.75) is 26.0 Å². The van der Waals surface area contributed by atoms with Crippen LogP contribution in [0.1, 0.15) is 28.9 Å². The van der Waals surface area contributed by atoms with Crippen molar-refractivity contribution in [1.82, 2.24) is 14.2 Å². The van der Waals surface area contributed by atoms with Crippen molar-refractivity contribution in [2.24, 2.45) is 5.92 Å². The standard InChI is InChI=1S/C31H32ClN3O6S/c32-26-13-5-7-15-29(26)40-18-17-35-27-14-6-4-12-25(27)19-28(35)30(36)33-42(38,39)22-24-11-8-16-34(20-24)31(37)41-21-23-9-2-1-3-10-23/h1-7,9-10,12-15,19,24H,8,11,16-18,20-22H2,(H,33,36)/t24-/m0/s1. The summed E-state index contributed by atoms with van der Waals surface area (Å²) >= 11 is 6.19. The highest BCUT2D eigenvalue weighted by Gasteiger charge is 2.30. The average Bonchev–Trinajstić information content (AvgIpc) is 3.36. The van der Waals surface area contributed by atoms with Gasteiger partial charge in [0.25, 0.3) is 5.91 Å². The molecule has 3 aromatic carbocycles. The fraction of sp³-hybridized carbons (Fsp3) is 0.290. The Balaban J connectivity index is 1.21. The van der Waals surface area contributed by atoms with Gasteiger partial charge in [0.05, 0.1) is 17.3 Å². The van der Waals surface area contributed by atoms with Crippen LogP contribution in [0.3, 0.4) is 0 Å². The van der Waals surface area contributed by atoms with Crippen LogP contribution in [0.4, 0.5) is 4.79 Å². The second kappa shape index (κ2) is 13.3. The number of nitrogens with one attached hydrogen (secondary N) is 1. The molecule has 220 valence electrons. The van der Waals surface area contributed by atoms with E-state index in [9.17, 15) is 18.0 Å². The predicted octanol–water partition coefficient (Wildman–Crippen LogP) is 5.48. The summed E-state index contributed by atoms with van der Waals surface area (Å²) in [5, 5.41) is 1.28. The minimum absolute atomic E-state index is 0.145. The highest BCUT2D eigenvalue weighted by Crippen LogP contribution is 2.25. The summed E-state index contributed by atoms with van der Waals surface area (Å²) < 4.78 is 41.5. The van der Waals surface area contributed by atoms with E-state index in [0.29, 0.717) is 36.7 Å². The van der Waals surface area contributed by atoms with E-state index in [1.807, 2.05) is 60.7 Å². The molecule has 2 heterocycles. The van der Waals surface area contributed by atoms with Crippen LogP contribution in [-0.2, 0) is 27.9 Å². The molecule has 0 radical (unpaired) electrons. The van der Waals surface area contributed by atoms with Crippen molar-refractivity contribution in [1.29, 1.82) is 0 Å². The minimum Gasteiger partial charge on any atom is -0.490 e. The molecule has 1 saturated heterocycles. The van der Waals surface area contributed by atoms with Crippen LogP contribution in [0.5, 0.6) is 5.75 Å². The number of hydrogen-bond acceptors (Lipinski definition) is 6. The van der Waals surface area contributed by atoms with Gasteiger partial charge in [-0.2, -0.15) is 0 Å². The smallest absolute Gasteiger partial charge is 0.410 e. The number of carbonyl (C=O) groups is 2. The van der Waals surface area contributed by atoms with E-state index >= 15 is 0 Å². The molecule has 0 bridgehead atoms. The molecule has 1 fully saturated rings. The molecule has 11 heteroatoms. The lowest BCUT2D eigenvalue weighted by Crippen LogP contribution is -2.44. The normalized spacial score (nSPS) is 15.4. The maximum Gasteiger partial charge on any atom is 0.410 e. The third kappa shape index (κ3) is 7.43. The Bertz CT molecular complexity index is 1660. The lowest BCUT2D eigenvalue weighted by Gasteiger charge is -2.31. The monoisotopic (exact) mass is 609 g/mol. The van der Waals surface area contributed by atoms with Gasteiger partial charge in [0.15, 0.2) is 0 Å². The van der Waals surface area contributed by atoms with Crippen molar-refractivity contribution < 1.29 is 27.5 Å². The Morgan fingerprint density at radius 1 is 0.976 bits per heavy atom. The second-order valence-electron chi connectivity index (χ2n) is 10.2. The van der Waals surface area contributed by atoms with Crippen molar-refractivity contribution in [2.75, 3.05) is 25.4 Å². The number of amides is 2. The van der Waals surface area contributed by atoms with Crippen molar-refractivity contribution in [3.8, 4) is 5.75 Å². The molecule has 1 atom stereocenters. The highest BCUT2D eigenvalue weighted by molar-refractivity contribution is 7.90. The summed E-state index contributed by atoms with van der Waals surface area (Å²) in [7, 11) is -4.00. The Labute approximate surface area is 250 Å². The third-order valence-electron chi connectivity index (χ3n) is 7.14. The van der Waals surface area contributed by atoms with Gasteiger partial charge >= 0.3 is 6.09 Å². The number of hydrogen-bond donors (Lipinski definition) is 1. The van der Waals surface area contributed by atoms with E-state index in [-0.39, 0.29) is 37.1 Å². The molecule has 0 spiro atoms. The van der Waals surface area contributed by atoms with Crippen molar-refractivity contribution >= 4 is 44.5 Å². The molecule has 0 unspecified atom stereocenters. The molecule has 0 aliphatic carbocycles. The topological polar surface area (TPSA) is 107 Å². The number of sulfonamides is 1. The first-order chi connectivity index (χ1) is 20.3. The summed E-state index contributed by atoms with van der Waals surface area (Å²) in [5.41, 5.74) is 1.86. The number of likely N-dealkylation sites (tertiary alicyclic amines) is 1. The SMILES string of the molecule is O=C(NS(=O)(=O)C[C@H]1CCCN(C(=O)OCc2ccccc2)C1)c1cc2ccccc2n1CCOc1ccccc1Cl.